The molecule has 138 valence electrons. The molecule has 0 unspecified atom stereocenters. The largest absolute Gasteiger partial charge is 0.508 e. The molecule has 1 amide bonds. The molecule has 0 fully saturated rings. The zero-order valence-electron chi connectivity index (χ0n) is 14.5. The summed E-state index contributed by atoms with van der Waals surface area (Å²) in [7, 11) is 0. The quantitative estimate of drug-likeness (QED) is 0.423. The maximum absolute atomic E-state index is 12.6. The first-order chi connectivity index (χ1) is 13.5. The number of fused-ring (bicyclic) bond motifs is 1. The van der Waals surface area contributed by atoms with Gasteiger partial charge in [-0.1, -0.05) is 29.8 Å². The van der Waals surface area contributed by atoms with Crippen molar-refractivity contribution in [2.45, 2.75) is 0 Å². The van der Waals surface area contributed by atoms with Crippen molar-refractivity contribution >= 4 is 50.4 Å². The molecule has 6 heteroatoms. The molecule has 4 rings (SSSR count). The van der Waals surface area contributed by atoms with Crippen molar-refractivity contribution in [1.29, 1.82) is 0 Å². The smallest absolute Gasteiger partial charge is 0.267 e. The number of ketones is 1. The monoisotopic (exact) mass is 407 g/mol. The number of thiophene rings is 1. The highest BCUT2D eigenvalue weighted by atomic mass is 35.5. The normalized spacial score (nSPS) is 10.8. The summed E-state index contributed by atoms with van der Waals surface area (Å²) in [5, 5.41) is 13.4. The average Bonchev–Trinajstić information content (AvgIpc) is 3.06. The van der Waals surface area contributed by atoms with Crippen LogP contribution in [0.25, 0.3) is 10.1 Å². The summed E-state index contributed by atoms with van der Waals surface area (Å²) in [5.74, 6) is -0.344. The number of aromatic hydroxyl groups is 1. The lowest BCUT2D eigenvalue weighted by atomic mass is 10.0. The Hall–Kier alpha value is -3.15. The molecule has 0 aliphatic rings. The molecule has 4 nitrogen and oxygen atoms in total. The minimum Gasteiger partial charge on any atom is -0.508 e. The number of halogens is 1. The Balaban J connectivity index is 1.52. The molecule has 0 spiro atoms. The lowest BCUT2D eigenvalue weighted by Crippen LogP contribution is -2.11. The first-order valence-corrected chi connectivity index (χ1v) is 9.64. The van der Waals surface area contributed by atoms with Crippen LogP contribution in [0.15, 0.2) is 72.8 Å². The number of anilines is 1. The molecule has 4 aromatic rings. The summed E-state index contributed by atoms with van der Waals surface area (Å²) in [5.41, 5.74) is 1.54. The third-order valence-corrected chi connectivity index (χ3v) is 5.95. The number of rotatable bonds is 4. The van der Waals surface area contributed by atoms with Gasteiger partial charge >= 0.3 is 0 Å². The van der Waals surface area contributed by atoms with E-state index in [1.807, 2.05) is 24.3 Å². The zero-order valence-corrected chi connectivity index (χ0v) is 16.1. The van der Waals surface area contributed by atoms with Crippen LogP contribution < -0.4 is 5.32 Å². The molecule has 0 saturated carbocycles. The van der Waals surface area contributed by atoms with Gasteiger partial charge < -0.3 is 10.4 Å². The van der Waals surface area contributed by atoms with Gasteiger partial charge in [-0.05, 0) is 54.6 Å². The van der Waals surface area contributed by atoms with Crippen LogP contribution in [0.4, 0.5) is 5.69 Å². The van der Waals surface area contributed by atoms with Gasteiger partial charge in [-0.2, -0.15) is 0 Å². The highest BCUT2D eigenvalue weighted by molar-refractivity contribution is 7.21. The van der Waals surface area contributed by atoms with E-state index in [0.717, 1.165) is 10.1 Å². The highest BCUT2D eigenvalue weighted by Crippen LogP contribution is 2.35. The van der Waals surface area contributed by atoms with E-state index in [9.17, 15) is 14.7 Å². The summed E-state index contributed by atoms with van der Waals surface area (Å²) in [6.07, 6.45) is 0. The third kappa shape index (κ3) is 3.50. The molecule has 2 N–H and O–H groups in total. The standard InChI is InChI=1S/C22H14ClNO3S/c23-19-17-3-1-2-4-18(17)28-21(19)22(27)24-15-9-5-13(6-10-15)20(26)14-7-11-16(25)12-8-14/h1-12,25H,(H,24,27). The number of nitrogens with one attached hydrogen (secondary N) is 1. The Morgan fingerprint density at radius 3 is 2.11 bits per heavy atom. The fraction of sp³-hybridized carbons (Fsp3) is 0. The number of carbonyl (C=O) groups is 2. The third-order valence-electron chi connectivity index (χ3n) is 4.28. The van der Waals surface area contributed by atoms with Crippen LogP contribution in [0.1, 0.15) is 25.6 Å². The van der Waals surface area contributed by atoms with Gasteiger partial charge in [0.1, 0.15) is 10.6 Å². The number of hydrogen-bond acceptors (Lipinski definition) is 4. The van der Waals surface area contributed by atoms with E-state index in [1.54, 1.807) is 36.4 Å². The lowest BCUT2D eigenvalue weighted by Gasteiger charge is -2.06. The predicted octanol–water partition coefficient (Wildman–Crippen LogP) is 5.74. The number of hydrogen-bond donors (Lipinski definition) is 2. The van der Waals surface area contributed by atoms with Crippen molar-refractivity contribution < 1.29 is 14.7 Å². The first kappa shape index (κ1) is 18.2. The maximum Gasteiger partial charge on any atom is 0.267 e. The Labute approximate surface area is 170 Å². The predicted molar refractivity (Wildman–Crippen MR) is 113 cm³/mol. The van der Waals surface area contributed by atoms with Gasteiger partial charge in [-0.3, -0.25) is 9.59 Å². The summed E-state index contributed by atoms with van der Waals surface area (Å²) in [6.45, 7) is 0. The second-order valence-electron chi connectivity index (χ2n) is 6.15. The number of carbonyl (C=O) groups excluding carboxylic acids is 2. The van der Waals surface area contributed by atoms with E-state index < -0.39 is 0 Å². The Bertz CT molecular complexity index is 1180. The first-order valence-electron chi connectivity index (χ1n) is 8.45. The highest BCUT2D eigenvalue weighted by Gasteiger charge is 2.17. The second-order valence-corrected chi connectivity index (χ2v) is 7.58. The van der Waals surface area contributed by atoms with Gasteiger partial charge in [0.15, 0.2) is 5.78 Å². The molecule has 3 aromatic carbocycles. The number of phenols is 1. The van der Waals surface area contributed by atoms with Crippen LogP contribution in [0.3, 0.4) is 0 Å². The minimum atomic E-state index is -0.288. The summed E-state index contributed by atoms with van der Waals surface area (Å²) >= 11 is 7.69. The van der Waals surface area contributed by atoms with Crippen LogP contribution in [-0.2, 0) is 0 Å². The van der Waals surface area contributed by atoms with Gasteiger partial charge in [-0.25, -0.2) is 0 Å². The number of phenolic OH excluding ortho intramolecular Hbond substituents is 1. The molecule has 28 heavy (non-hydrogen) atoms. The van der Waals surface area contributed by atoms with E-state index >= 15 is 0 Å². The van der Waals surface area contributed by atoms with Gasteiger partial charge in [0.25, 0.3) is 5.91 Å². The molecule has 0 saturated heterocycles. The van der Waals surface area contributed by atoms with E-state index in [2.05, 4.69) is 5.32 Å². The summed E-state index contributed by atoms with van der Waals surface area (Å²) in [6, 6.07) is 20.3. The summed E-state index contributed by atoms with van der Waals surface area (Å²) < 4.78 is 0.951. The van der Waals surface area contributed by atoms with Gasteiger partial charge in [-0.15, -0.1) is 11.3 Å². The van der Waals surface area contributed by atoms with E-state index in [1.165, 1.54) is 23.5 Å². The summed E-state index contributed by atoms with van der Waals surface area (Å²) in [4.78, 5) is 25.5. The van der Waals surface area contributed by atoms with E-state index in [0.29, 0.717) is 26.7 Å². The Kier molecular flexibility index (Phi) is 4.86. The minimum absolute atomic E-state index is 0.106. The van der Waals surface area contributed by atoms with Crippen molar-refractivity contribution in [1.82, 2.24) is 0 Å². The Morgan fingerprint density at radius 2 is 1.46 bits per heavy atom. The number of benzene rings is 3. The molecule has 0 radical (unpaired) electrons. The topological polar surface area (TPSA) is 66.4 Å². The van der Waals surface area contributed by atoms with Gasteiger partial charge in [0, 0.05) is 26.9 Å². The molecule has 0 atom stereocenters. The lowest BCUT2D eigenvalue weighted by molar-refractivity contribution is 0.102. The van der Waals surface area contributed by atoms with Crippen LogP contribution in [0.5, 0.6) is 5.75 Å². The van der Waals surface area contributed by atoms with Crippen LogP contribution >= 0.6 is 22.9 Å². The van der Waals surface area contributed by atoms with Crippen molar-refractivity contribution in [3.63, 3.8) is 0 Å². The van der Waals surface area contributed by atoms with Crippen molar-refractivity contribution in [2.24, 2.45) is 0 Å². The molecule has 1 aromatic heterocycles. The van der Waals surface area contributed by atoms with Gasteiger partial charge in [0.05, 0.1) is 5.02 Å². The molecule has 1 heterocycles. The second kappa shape index (κ2) is 7.46. The fourth-order valence-corrected chi connectivity index (χ4v) is 4.24. The van der Waals surface area contributed by atoms with E-state index in [4.69, 9.17) is 11.6 Å². The average molecular weight is 408 g/mol. The molecular weight excluding hydrogens is 394 g/mol. The van der Waals surface area contributed by atoms with Crippen LogP contribution in [0, 0.1) is 0 Å². The fourth-order valence-electron chi connectivity index (χ4n) is 2.83. The SMILES string of the molecule is O=C(c1ccc(O)cc1)c1ccc(NC(=O)c2sc3ccccc3c2Cl)cc1. The zero-order chi connectivity index (χ0) is 19.7. The van der Waals surface area contributed by atoms with Gasteiger partial charge in [0.2, 0.25) is 0 Å². The maximum atomic E-state index is 12.6. The molecule has 0 aliphatic carbocycles. The molecular formula is C22H14ClNO3S. The number of amides is 1. The van der Waals surface area contributed by atoms with Crippen molar-refractivity contribution in [3.05, 3.63) is 93.8 Å². The van der Waals surface area contributed by atoms with E-state index in [-0.39, 0.29) is 17.4 Å². The molecule has 0 bridgehead atoms. The molecule has 0 aliphatic heterocycles. The Morgan fingerprint density at radius 1 is 0.857 bits per heavy atom. The van der Waals surface area contributed by atoms with Crippen molar-refractivity contribution in [2.75, 3.05) is 5.32 Å². The van der Waals surface area contributed by atoms with Crippen molar-refractivity contribution in [3.8, 4) is 5.75 Å². The van der Waals surface area contributed by atoms with Crippen LogP contribution in [-0.4, -0.2) is 16.8 Å². The van der Waals surface area contributed by atoms with Crippen LogP contribution in [0.2, 0.25) is 5.02 Å².